The minimum Gasteiger partial charge on any atom is -0.451 e. The molecule has 1 aromatic carbocycles. The van der Waals surface area contributed by atoms with Crippen LogP contribution in [-0.2, 0) is 9.53 Å². The molecule has 0 spiro atoms. The van der Waals surface area contributed by atoms with E-state index in [4.69, 9.17) is 4.74 Å². The van der Waals surface area contributed by atoms with Crippen molar-refractivity contribution in [1.29, 1.82) is 0 Å². The standard InChI is InChI=1S/C15H14F3N5O4/c1-9-12(22-23(21-9)10-5-3-2-4-6-10)13(25)27-7-11(24)20-14(26)19-8-15(16,17)18/h2-6H,7-8H2,1H3,(H2,19,20,24,26). The number of ether oxygens (including phenoxy) is 1. The van der Waals surface area contributed by atoms with Gasteiger partial charge >= 0.3 is 18.2 Å². The van der Waals surface area contributed by atoms with Crippen molar-refractivity contribution in [1.82, 2.24) is 25.6 Å². The number of imide groups is 1. The van der Waals surface area contributed by atoms with Gasteiger partial charge in [-0.3, -0.25) is 10.1 Å². The number of aromatic nitrogens is 3. The first-order valence-electron chi connectivity index (χ1n) is 7.46. The van der Waals surface area contributed by atoms with Crippen LogP contribution < -0.4 is 10.6 Å². The fourth-order valence-corrected chi connectivity index (χ4v) is 1.83. The minimum absolute atomic E-state index is 0.145. The Morgan fingerprint density at radius 3 is 2.44 bits per heavy atom. The van der Waals surface area contributed by atoms with Gasteiger partial charge in [0, 0.05) is 0 Å². The Kier molecular flexibility index (Phi) is 6.11. The highest BCUT2D eigenvalue weighted by Crippen LogP contribution is 2.12. The Balaban J connectivity index is 1.88. The normalized spacial score (nSPS) is 11.0. The van der Waals surface area contributed by atoms with Crippen molar-refractivity contribution in [3.8, 4) is 5.69 Å². The molecular weight excluding hydrogens is 371 g/mol. The monoisotopic (exact) mass is 385 g/mol. The van der Waals surface area contributed by atoms with E-state index >= 15 is 0 Å². The molecule has 2 N–H and O–H groups in total. The van der Waals surface area contributed by atoms with Gasteiger partial charge in [-0.05, 0) is 19.1 Å². The number of benzene rings is 1. The molecule has 9 nitrogen and oxygen atoms in total. The maximum Gasteiger partial charge on any atom is 0.405 e. The van der Waals surface area contributed by atoms with Crippen LogP contribution in [0.4, 0.5) is 18.0 Å². The molecule has 0 atom stereocenters. The smallest absolute Gasteiger partial charge is 0.405 e. The third-order valence-electron chi connectivity index (χ3n) is 3.00. The van der Waals surface area contributed by atoms with Gasteiger partial charge in [0.1, 0.15) is 6.54 Å². The van der Waals surface area contributed by atoms with Crippen LogP contribution >= 0.6 is 0 Å². The van der Waals surface area contributed by atoms with Crippen molar-refractivity contribution >= 4 is 17.9 Å². The fraction of sp³-hybridized carbons (Fsp3) is 0.267. The molecule has 12 heteroatoms. The van der Waals surface area contributed by atoms with Crippen molar-refractivity contribution in [2.45, 2.75) is 13.1 Å². The van der Waals surface area contributed by atoms with Crippen LogP contribution in [0.1, 0.15) is 16.2 Å². The van der Waals surface area contributed by atoms with E-state index in [1.165, 1.54) is 17.0 Å². The lowest BCUT2D eigenvalue weighted by Crippen LogP contribution is -2.44. The third-order valence-corrected chi connectivity index (χ3v) is 3.00. The number of nitrogens with zero attached hydrogens (tertiary/aromatic N) is 3. The number of halogens is 3. The Morgan fingerprint density at radius 1 is 1.15 bits per heavy atom. The first kappa shape index (κ1) is 19.9. The summed E-state index contributed by atoms with van der Waals surface area (Å²) < 4.78 is 40.5. The molecular formula is C15H14F3N5O4. The Hall–Kier alpha value is -3.44. The summed E-state index contributed by atoms with van der Waals surface area (Å²) in [6.07, 6.45) is -4.62. The molecule has 3 amide bonds. The van der Waals surface area contributed by atoms with Gasteiger partial charge in [-0.1, -0.05) is 18.2 Å². The van der Waals surface area contributed by atoms with E-state index in [2.05, 4.69) is 10.2 Å². The van der Waals surface area contributed by atoms with Gasteiger partial charge in [0.15, 0.2) is 12.3 Å². The van der Waals surface area contributed by atoms with Gasteiger partial charge in [0.25, 0.3) is 5.91 Å². The second-order valence-corrected chi connectivity index (χ2v) is 5.18. The van der Waals surface area contributed by atoms with Crippen LogP contribution in [-0.4, -0.2) is 52.2 Å². The predicted octanol–water partition coefficient (Wildman–Crippen LogP) is 1.12. The highest BCUT2D eigenvalue weighted by molar-refractivity contribution is 5.96. The fourth-order valence-electron chi connectivity index (χ4n) is 1.83. The molecule has 0 unspecified atom stereocenters. The van der Waals surface area contributed by atoms with Crippen LogP contribution in [0.2, 0.25) is 0 Å². The van der Waals surface area contributed by atoms with Crippen molar-refractivity contribution in [2.75, 3.05) is 13.2 Å². The summed E-state index contributed by atoms with van der Waals surface area (Å²) in [7, 11) is 0. The zero-order valence-electron chi connectivity index (χ0n) is 13.9. The highest BCUT2D eigenvalue weighted by atomic mass is 19.4. The topological polar surface area (TPSA) is 115 Å². The van der Waals surface area contributed by atoms with Gasteiger partial charge < -0.3 is 10.1 Å². The number of urea groups is 1. The Labute approximate surface area is 150 Å². The van der Waals surface area contributed by atoms with E-state index in [-0.39, 0.29) is 11.4 Å². The summed E-state index contributed by atoms with van der Waals surface area (Å²) in [5.41, 5.74) is 0.694. The molecule has 0 aliphatic carbocycles. The third kappa shape index (κ3) is 6.09. The van der Waals surface area contributed by atoms with Crippen molar-refractivity contribution in [3.63, 3.8) is 0 Å². The zero-order valence-corrected chi connectivity index (χ0v) is 13.9. The number of para-hydroxylation sites is 1. The molecule has 0 bridgehead atoms. The summed E-state index contributed by atoms with van der Waals surface area (Å²) in [5.74, 6) is -2.07. The van der Waals surface area contributed by atoms with Crippen LogP contribution in [0.15, 0.2) is 30.3 Å². The summed E-state index contributed by atoms with van der Waals surface area (Å²) >= 11 is 0. The van der Waals surface area contributed by atoms with E-state index in [0.29, 0.717) is 5.69 Å². The van der Waals surface area contributed by atoms with Crippen LogP contribution in [0.5, 0.6) is 0 Å². The summed E-state index contributed by atoms with van der Waals surface area (Å²) in [5, 5.41) is 11.1. The van der Waals surface area contributed by atoms with Gasteiger partial charge in [0.05, 0.1) is 11.4 Å². The Morgan fingerprint density at radius 2 is 1.81 bits per heavy atom. The zero-order chi connectivity index (χ0) is 20.0. The predicted molar refractivity (Wildman–Crippen MR) is 84.0 cm³/mol. The lowest BCUT2D eigenvalue weighted by atomic mass is 10.3. The molecule has 0 radical (unpaired) electrons. The number of alkyl halides is 3. The van der Waals surface area contributed by atoms with Crippen LogP contribution in [0.3, 0.4) is 0 Å². The molecule has 144 valence electrons. The summed E-state index contributed by atoms with van der Waals surface area (Å²) in [4.78, 5) is 35.8. The summed E-state index contributed by atoms with van der Waals surface area (Å²) in [6, 6.07) is 7.35. The molecule has 0 saturated heterocycles. The van der Waals surface area contributed by atoms with Crippen LogP contribution in [0.25, 0.3) is 5.69 Å². The lowest BCUT2D eigenvalue weighted by Gasteiger charge is -2.09. The molecule has 0 fully saturated rings. The maximum absolute atomic E-state index is 12.0. The van der Waals surface area contributed by atoms with Crippen molar-refractivity contribution in [2.24, 2.45) is 0 Å². The second kappa shape index (κ2) is 8.29. The van der Waals surface area contributed by atoms with E-state index in [9.17, 15) is 27.6 Å². The second-order valence-electron chi connectivity index (χ2n) is 5.18. The van der Waals surface area contributed by atoms with Crippen molar-refractivity contribution < 1.29 is 32.3 Å². The molecule has 1 aromatic heterocycles. The van der Waals surface area contributed by atoms with Gasteiger partial charge in [-0.2, -0.15) is 23.1 Å². The van der Waals surface area contributed by atoms with Gasteiger partial charge in [-0.15, -0.1) is 5.10 Å². The Bertz CT molecular complexity index is 836. The number of carbonyl (C=O) groups is 3. The van der Waals surface area contributed by atoms with Crippen molar-refractivity contribution in [3.05, 3.63) is 41.7 Å². The number of hydrogen-bond acceptors (Lipinski definition) is 6. The summed E-state index contributed by atoms with van der Waals surface area (Å²) in [6.45, 7) is -0.975. The SMILES string of the molecule is Cc1nn(-c2ccccc2)nc1C(=O)OCC(=O)NC(=O)NCC(F)(F)F. The molecule has 0 aliphatic heterocycles. The molecule has 0 saturated carbocycles. The van der Waals surface area contributed by atoms with Gasteiger partial charge in [0.2, 0.25) is 0 Å². The van der Waals surface area contributed by atoms with Crippen LogP contribution in [0, 0.1) is 6.92 Å². The van der Waals surface area contributed by atoms with E-state index in [1.807, 2.05) is 0 Å². The van der Waals surface area contributed by atoms with E-state index in [0.717, 1.165) is 0 Å². The number of aryl methyl sites for hydroxylation is 1. The van der Waals surface area contributed by atoms with E-state index in [1.54, 1.807) is 35.6 Å². The molecule has 27 heavy (non-hydrogen) atoms. The first-order chi connectivity index (χ1) is 12.7. The number of carbonyl (C=O) groups excluding carboxylic acids is 3. The molecule has 2 aromatic rings. The highest BCUT2D eigenvalue weighted by Gasteiger charge is 2.28. The maximum atomic E-state index is 12.0. The quantitative estimate of drug-likeness (QED) is 0.746. The van der Waals surface area contributed by atoms with Gasteiger partial charge in [-0.25, -0.2) is 9.59 Å². The average Bonchev–Trinajstić information content (AvgIpc) is 3.00. The average molecular weight is 385 g/mol. The molecule has 0 aliphatic rings. The minimum atomic E-state index is -4.62. The number of rotatable bonds is 5. The lowest BCUT2D eigenvalue weighted by molar-refractivity contribution is -0.125. The molecule has 1 heterocycles. The number of amides is 3. The number of nitrogens with one attached hydrogen (secondary N) is 2. The molecule has 2 rings (SSSR count). The largest absolute Gasteiger partial charge is 0.451 e. The van der Waals surface area contributed by atoms with E-state index < -0.39 is 37.2 Å². The number of hydrogen-bond donors (Lipinski definition) is 2. The first-order valence-corrected chi connectivity index (χ1v) is 7.46. The number of esters is 1.